The highest BCUT2D eigenvalue weighted by Gasteiger charge is 2.37. The second-order valence-electron chi connectivity index (χ2n) is 6.66. The van der Waals surface area contributed by atoms with Crippen LogP contribution in [0.1, 0.15) is 18.1 Å². The first-order valence-corrected chi connectivity index (χ1v) is 8.89. The molecule has 140 valence electrons. The third kappa shape index (κ3) is 3.65. The molecule has 3 aromatic rings. The van der Waals surface area contributed by atoms with E-state index < -0.39 is 24.4 Å². The third-order valence-corrected chi connectivity index (χ3v) is 4.77. The van der Waals surface area contributed by atoms with E-state index in [-0.39, 0.29) is 13.0 Å². The SMILES string of the molecule is OC[C@@H]1C[C@H](O)[C@H](O)C(c2cccc(Oc3ccnc4ccccc34)c2)O1. The Hall–Kier alpha value is -2.51. The second kappa shape index (κ2) is 7.62. The van der Waals surface area contributed by atoms with E-state index in [0.29, 0.717) is 17.1 Å². The Labute approximate surface area is 156 Å². The lowest BCUT2D eigenvalue weighted by atomic mass is 9.93. The Bertz CT molecular complexity index is 926. The highest BCUT2D eigenvalue weighted by Crippen LogP contribution is 2.35. The minimum Gasteiger partial charge on any atom is -0.457 e. The van der Waals surface area contributed by atoms with Gasteiger partial charge in [0.1, 0.15) is 23.7 Å². The first-order chi connectivity index (χ1) is 13.2. The zero-order valence-corrected chi connectivity index (χ0v) is 14.6. The number of hydrogen-bond acceptors (Lipinski definition) is 6. The Morgan fingerprint density at radius 3 is 2.78 bits per heavy atom. The van der Waals surface area contributed by atoms with Gasteiger partial charge in [-0.05, 0) is 35.9 Å². The molecule has 1 saturated heterocycles. The molecule has 1 aliphatic heterocycles. The molecule has 0 amide bonds. The van der Waals surface area contributed by atoms with Crippen molar-refractivity contribution in [1.29, 1.82) is 0 Å². The van der Waals surface area contributed by atoms with Crippen LogP contribution in [-0.2, 0) is 4.74 Å². The number of fused-ring (bicyclic) bond motifs is 1. The summed E-state index contributed by atoms with van der Waals surface area (Å²) in [6, 6.07) is 16.7. The maximum atomic E-state index is 10.3. The molecule has 1 unspecified atom stereocenters. The number of pyridine rings is 1. The van der Waals surface area contributed by atoms with Gasteiger partial charge >= 0.3 is 0 Å². The number of para-hydroxylation sites is 1. The lowest BCUT2D eigenvalue weighted by Crippen LogP contribution is -2.44. The molecule has 3 N–H and O–H groups in total. The van der Waals surface area contributed by atoms with Gasteiger partial charge in [0.05, 0.1) is 24.3 Å². The van der Waals surface area contributed by atoms with Crippen LogP contribution in [0, 0.1) is 0 Å². The minimum atomic E-state index is -1.06. The molecule has 4 rings (SSSR count). The minimum absolute atomic E-state index is 0.202. The molecule has 4 atom stereocenters. The van der Waals surface area contributed by atoms with Crippen molar-refractivity contribution in [1.82, 2.24) is 4.98 Å². The zero-order valence-electron chi connectivity index (χ0n) is 14.6. The van der Waals surface area contributed by atoms with E-state index in [9.17, 15) is 15.3 Å². The van der Waals surface area contributed by atoms with Gasteiger partial charge in [-0.1, -0.05) is 24.3 Å². The van der Waals surface area contributed by atoms with Crippen LogP contribution in [0.25, 0.3) is 10.9 Å². The Kier molecular flexibility index (Phi) is 5.05. The van der Waals surface area contributed by atoms with E-state index in [1.54, 1.807) is 30.5 Å². The van der Waals surface area contributed by atoms with Crippen LogP contribution in [0.2, 0.25) is 0 Å². The van der Waals surface area contributed by atoms with Gasteiger partial charge in [0.15, 0.2) is 0 Å². The van der Waals surface area contributed by atoms with Crippen molar-refractivity contribution in [3.63, 3.8) is 0 Å². The summed E-state index contributed by atoms with van der Waals surface area (Å²) in [5, 5.41) is 30.6. The molecule has 0 bridgehead atoms. The number of ether oxygens (including phenoxy) is 2. The van der Waals surface area contributed by atoms with Crippen molar-refractivity contribution in [2.75, 3.05) is 6.61 Å². The van der Waals surface area contributed by atoms with Crippen LogP contribution in [0.5, 0.6) is 11.5 Å². The molecule has 2 heterocycles. The van der Waals surface area contributed by atoms with Crippen LogP contribution in [0.15, 0.2) is 60.8 Å². The number of hydrogen-bond donors (Lipinski definition) is 3. The molecular formula is C21H21NO5. The third-order valence-electron chi connectivity index (χ3n) is 4.77. The molecule has 6 heteroatoms. The molecule has 27 heavy (non-hydrogen) atoms. The predicted octanol–water partition coefficient (Wildman–Crippen LogP) is 2.57. The van der Waals surface area contributed by atoms with E-state index in [0.717, 1.165) is 10.9 Å². The van der Waals surface area contributed by atoms with E-state index in [1.165, 1.54) is 0 Å². The van der Waals surface area contributed by atoms with Crippen LogP contribution in [0.4, 0.5) is 0 Å². The summed E-state index contributed by atoms with van der Waals surface area (Å²) in [6.45, 7) is -0.209. The summed E-state index contributed by atoms with van der Waals surface area (Å²) in [7, 11) is 0. The largest absolute Gasteiger partial charge is 0.457 e. The van der Waals surface area contributed by atoms with Crippen LogP contribution < -0.4 is 4.74 Å². The lowest BCUT2D eigenvalue weighted by Gasteiger charge is -2.36. The van der Waals surface area contributed by atoms with E-state index >= 15 is 0 Å². The van der Waals surface area contributed by atoms with Gasteiger partial charge in [-0.25, -0.2) is 0 Å². The van der Waals surface area contributed by atoms with Crippen molar-refractivity contribution >= 4 is 10.9 Å². The molecule has 1 aliphatic rings. The molecule has 0 aliphatic carbocycles. The molecule has 0 spiro atoms. The summed E-state index contributed by atoms with van der Waals surface area (Å²) >= 11 is 0. The van der Waals surface area contributed by atoms with Crippen molar-refractivity contribution in [2.45, 2.75) is 30.8 Å². The maximum Gasteiger partial charge on any atom is 0.138 e. The normalized spacial score (nSPS) is 25.4. The second-order valence-corrected chi connectivity index (χ2v) is 6.66. The average molecular weight is 367 g/mol. The zero-order chi connectivity index (χ0) is 18.8. The van der Waals surface area contributed by atoms with Crippen molar-refractivity contribution < 1.29 is 24.8 Å². The highest BCUT2D eigenvalue weighted by atomic mass is 16.5. The van der Waals surface area contributed by atoms with Gasteiger partial charge in [-0.15, -0.1) is 0 Å². The molecule has 1 fully saturated rings. The first kappa shape index (κ1) is 17.9. The smallest absolute Gasteiger partial charge is 0.138 e. The first-order valence-electron chi connectivity index (χ1n) is 8.89. The standard InChI is InChI=1S/C21H21NO5/c23-12-15-11-18(24)20(25)21(27-15)13-4-3-5-14(10-13)26-19-8-9-22-17-7-2-1-6-16(17)19/h1-10,15,18,20-21,23-25H,11-12H2/t15-,18-,20-,21?/m0/s1. The fourth-order valence-corrected chi connectivity index (χ4v) is 3.39. The van der Waals surface area contributed by atoms with Crippen molar-refractivity contribution in [3.05, 3.63) is 66.4 Å². The highest BCUT2D eigenvalue weighted by molar-refractivity contribution is 5.84. The van der Waals surface area contributed by atoms with E-state index in [1.807, 2.05) is 30.3 Å². The Morgan fingerprint density at radius 1 is 1.07 bits per heavy atom. The molecule has 1 aromatic heterocycles. The summed E-state index contributed by atoms with van der Waals surface area (Å²) in [5.41, 5.74) is 1.52. The van der Waals surface area contributed by atoms with E-state index in [4.69, 9.17) is 9.47 Å². The van der Waals surface area contributed by atoms with Crippen LogP contribution >= 0.6 is 0 Å². The van der Waals surface area contributed by atoms with Gasteiger partial charge in [0, 0.05) is 18.0 Å². The van der Waals surface area contributed by atoms with E-state index in [2.05, 4.69) is 4.98 Å². The average Bonchev–Trinajstić information content (AvgIpc) is 2.70. The van der Waals surface area contributed by atoms with Gasteiger partial charge in [-0.2, -0.15) is 0 Å². The lowest BCUT2D eigenvalue weighted by molar-refractivity contribution is -0.179. The quantitative estimate of drug-likeness (QED) is 0.656. The Morgan fingerprint density at radius 2 is 1.93 bits per heavy atom. The van der Waals surface area contributed by atoms with Crippen LogP contribution in [0.3, 0.4) is 0 Å². The number of aromatic nitrogens is 1. The topological polar surface area (TPSA) is 92.0 Å². The molecule has 2 aromatic carbocycles. The molecule has 6 nitrogen and oxygen atoms in total. The predicted molar refractivity (Wildman–Crippen MR) is 99.6 cm³/mol. The van der Waals surface area contributed by atoms with Gasteiger partial charge in [0.25, 0.3) is 0 Å². The summed E-state index contributed by atoms with van der Waals surface area (Å²) in [5.74, 6) is 1.26. The number of aliphatic hydroxyl groups excluding tert-OH is 3. The summed E-state index contributed by atoms with van der Waals surface area (Å²) in [6.07, 6.45) is -1.37. The summed E-state index contributed by atoms with van der Waals surface area (Å²) < 4.78 is 11.8. The molecule has 0 radical (unpaired) electrons. The number of nitrogens with zero attached hydrogens (tertiary/aromatic N) is 1. The monoisotopic (exact) mass is 367 g/mol. The van der Waals surface area contributed by atoms with Gasteiger partial charge < -0.3 is 24.8 Å². The van der Waals surface area contributed by atoms with Gasteiger partial charge in [-0.3, -0.25) is 4.98 Å². The number of rotatable bonds is 4. The molecular weight excluding hydrogens is 346 g/mol. The number of aliphatic hydroxyl groups is 3. The molecule has 0 saturated carbocycles. The Balaban J connectivity index is 1.62. The number of benzene rings is 2. The summed E-state index contributed by atoms with van der Waals surface area (Å²) in [4.78, 5) is 4.33. The fraction of sp³-hybridized carbons (Fsp3) is 0.286. The van der Waals surface area contributed by atoms with Crippen molar-refractivity contribution in [3.8, 4) is 11.5 Å². The van der Waals surface area contributed by atoms with Gasteiger partial charge in [0.2, 0.25) is 0 Å². The van der Waals surface area contributed by atoms with Crippen LogP contribution in [-0.4, -0.2) is 45.2 Å². The fourth-order valence-electron chi connectivity index (χ4n) is 3.39. The van der Waals surface area contributed by atoms with Crippen molar-refractivity contribution in [2.24, 2.45) is 0 Å². The maximum absolute atomic E-state index is 10.3.